The minimum atomic E-state index is -3.75. The third kappa shape index (κ3) is 2.82. The van der Waals surface area contributed by atoms with Crippen LogP contribution in [0.2, 0.25) is 0 Å². The molecule has 0 atom stereocenters. The van der Waals surface area contributed by atoms with Crippen LogP contribution in [0.25, 0.3) is 0 Å². The second-order valence-electron chi connectivity index (χ2n) is 4.08. The quantitative estimate of drug-likeness (QED) is 0.842. The fraction of sp³-hybridized carbons (Fsp3) is 0.154. The highest BCUT2D eigenvalue weighted by Gasteiger charge is 2.24. The normalized spacial score (nSPS) is 11.2. The molecule has 0 N–H and O–H groups in total. The SMILES string of the molecule is CN(Cc1ccncc1)S(=O)(=O)c1cccnc1C#N. The Morgan fingerprint density at radius 3 is 2.60 bits per heavy atom. The first-order valence-corrected chi connectivity index (χ1v) is 7.20. The lowest BCUT2D eigenvalue weighted by Gasteiger charge is -2.17. The van der Waals surface area contributed by atoms with E-state index in [2.05, 4.69) is 9.97 Å². The van der Waals surface area contributed by atoms with Crippen LogP contribution < -0.4 is 0 Å². The Bertz CT molecular complexity index is 738. The van der Waals surface area contributed by atoms with Crippen LogP contribution in [0.1, 0.15) is 11.3 Å². The lowest BCUT2D eigenvalue weighted by atomic mass is 10.3. The minimum Gasteiger partial charge on any atom is -0.265 e. The topological polar surface area (TPSA) is 87.0 Å². The average Bonchev–Trinajstić information content (AvgIpc) is 2.48. The van der Waals surface area contributed by atoms with Crippen molar-refractivity contribution in [3.63, 3.8) is 0 Å². The molecule has 0 unspecified atom stereocenters. The number of nitriles is 1. The van der Waals surface area contributed by atoms with E-state index in [1.165, 1.54) is 29.7 Å². The van der Waals surface area contributed by atoms with E-state index in [4.69, 9.17) is 5.26 Å². The van der Waals surface area contributed by atoms with E-state index in [1.807, 2.05) is 0 Å². The van der Waals surface area contributed by atoms with Crippen LogP contribution in [0.15, 0.2) is 47.8 Å². The fourth-order valence-corrected chi connectivity index (χ4v) is 2.93. The molecule has 7 heteroatoms. The smallest absolute Gasteiger partial charge is 0.246 e. The maximum absolute atomic E-state index is 12.4. The van der Waals surface area contributed by atoms with Crippen molar-refractivity contribution in [3.8, 4) is 6.07 Å². The predicted octanol–water partition coefficient (Wildman–Crippen LogP) is 1.17. The second-order valence-corrected chi connectivity index (χ2v) is 6.09. The molecule has 0 fully saturated rings. The molecule has 0 amide bonds. The molecule has 0 aliphatic rings. The summed E-state index contributed by atoms with van der Waals surface area (Å²) < 4.78 is 26.1. The highest BCUT2D eigenvalue weighted by Crippen LogP contribution is 2.18. The van der Waals surface area contributed by atoms with Gasteiger partial charge in [-0.25, -0.2) is 13.4 Å². The molecule has 2 rings (SSSR count). The van der Waals surface area contributed by atoms with E-state index < -0.39 is 10.0 Å². The summed E-state index contributed by atoms with van der Waals surface area (Å²) in [6.07, 6.45) is 4.58. The summed E-state index contributed by atoms with van der Waals surface area (Å²) in [7, 11) is -2.29. The highest BCUT2D eigenvalue weighted by atomic mass is 32.2. The van der Waals surface area contributed by atoms with Gasteiger partial charge in [-0.3, -0.25) is 4.98 Å². The van der Waals surface area contributed by atoms with Gasteiger partial charge in [0, 0.05) is 32.2 Å². The largest absolute Gasteiger partial charge is 0.265 e. The lowest BCUT2D eigenvalue weighted by Crippen LogP contribution is -2.27. The Balaban J connectivity index is 2.33. The summed E-state index contributed by atoms with van der Waals surface area (Å²) in [4.78, 5) is 7.57. The van der Waals surface area contributed by atoms with Gasteiger partial charge in [0.1, 0.15) is 11.0 Å². The summed E-state index contributed by atoms with van der Waals surface area (Å²) in [6.45, 7) is 0.199. The van der Waals surface area contributed by atoms with Crippen molar-refractivity contribution in [2.45, 2.75) is 11.4 Å². The first-order valence-electron chi connectivity index (χ1n) is 5.76. The van der Waals surface area contributed by atoms with Crippen LogP contribution in [0, 0.1) is 11.3 Å². The third-order valence-electron chi connectivity index (χ3n) is 2.72. The summed E-state index contributed by atoms with van der Waals surface area (Å²) >= 11 is 0. The van der Waals surface area contributed by atoms with E-state index in [-0.39, 0.29) is 17.1 Å². The molecule has 0 spiro atoms. The molecule has 0 aliphatic heterocycles. The van der Waals surface area contributed by atoms with Gasteiger partial charge in [-0.05, 0) is 29.8 Å². The number of aromatic nitrogens is 2. The van der Waals surface area contributed by atoms with Gasteiger partial charge in [-0.1, -0.05) is 0 Å². The van der Waals surface area contributed by atoms with Gasteiger partial charge >= 0.3 is 0 Å². The average molecular weight is 288 g/mol. The van der Waals surface area contributed by atoms with Gasteiger partial charge in [0.15, 0.2) is 5.69 Å². The number of pyridine rings is 2. The monoisotopic (exact) mass is 288 g/mol. The summed E-state index contributed by atoms with van der Waals surface area (Å²) in [5.41, 5.74) is 0.711. The first kappa shape index (κ1) is 14.1. The zero-order valence-corrected chi connectivity index (χ0v) is 11.6. The van der Waals surface area contributed by atoms with Crippen molar-refractivity contribution in [3.05, 3.63) is 54.1 Å². The molecule has 0 aliphatic carbocycles. The molecule has 2 aromatic heterocycles. The number of rotatable bonds is 4. The van der Waals surface area contributed by atoms with E-state index in [9.17, 15) is 8.42 Å². The number of hydrogen-bond donors (Lipinski definition) is 0. The van der Waals surface area contributed by atoms with Crippen molar-refractivity contribution in [1.29, 1.82) is 5.26 Å². The molecule has 0 saturated heterocycles. The highest BCUT2D eigenvalue weighted by molar-refractivity contribution is 7.89. The Hall–Kier alpha value is -2.30. The number of sulfonamides is 1. The van der Waals surface area contributed by atoms with E-state index >= 15 is 0 Å². The Labute approximate surface area is 117 Å². The molecule has 0 saturated carbocycles. The van der Waals surface area contributed by atoms with Crippen LogP contribution in [0.4, 0.5) is 0 Å². The Morgan fingerprint density at radius 2 is 1.95 bits per heavy atom. The lowest BCUT2D eigenvalue weighted by molar-refractivity contribution is 0.466. The van der Waals surface area contributed by atoms with Gasteiger partial charge in [0.05, 0.1) is 0 Å². The standard InChI is InChI=1S/C13H12N4O2S/c1-17(10-11-4-7-15-8-5-11)20(18,19)13-3-2-6-16-12(13)9-14/h2-8H,10H2,1H3. The van der Waals surface area contributed by atoms with E-state index in [0.29, 0.717) is 0 Å². The molecule has 0 aromatic carbocycles. The number of nitrogens with zero attached hydrogens (tertiary/aromatic N) is 4. The summed E-state index contributed by atoms with van der Waals surface area (Å²) in [5.74, 6) is 0. The Morgan fingerprint density at radius 1 is 1.25 bits per heavy atom. The van der Waals surface area contributed by atoms with Crippen molar-refractivity contribution in [2.75, 3.05) is 7.05 Å². The second kappa shape index (κ2) is 5.77. The Kier molecular flexibility index (Phi) is 4.08. The van der Waals surface area contributed by atoms with Crippen molar-refractivity contribution < 1.29 is 8.42 Å². The van der Waals surface area contributed by atoms with Crippen LogP contribution in [-0.4, -0.2) is 29.7 Å². The van der Waals surface area contributed by atoms with Gasteiger partial charge in [0.2, 0.25) is 10.0 Å². The molecule has 0 radical (unpaired) electrons. The van der Waals surface area contributed by atoms with Crippen molar-refractivity contribution >= 4 is 10.0 Å². The van der Waals surface area contributed by atoms with Crippen LogP contribution in [0.5, 0.6) is 0 Å². The zero-order valence-electron chi connectivity index (χ0n) is 10.8. The maximum Gasteiger partial charge on any atom is 0.246 e. The van der Waals surface area contributed by atoms with Gasteiger partial charge in [-0.15, -0.1) is 0 Å². The van der Waals surface area contributed by atoms with Crippen LogP contribution >= 0.6 is 0 Å². The molecule has 2 aromatic rings. The van der Waals surface area contributed by atoms with Crippen molar-refractivity contribution in [1.82, 2.24) is 14.3 Å². The molecule has 20 heavy (non-hydrogen) atoms. The third-order valence-corrected chi connectivity index (χ3v) is 4.55. The summed E-state index contributed by atoms with van der Waals surface area (Å²) in [6, 6.07) is 8.14. The molecule has 6 nitrogen and oxygen atoms in total. The van der Waals surface area contributed by atoms with E-state index in [1.54, 1.807) is 30.6 Å². The molecular weight excluding hydrogens is 276 g/mol. The maximum atomic E-state index is 12.4. The molecular formula is C13H12N4O2S. The minimum absolute atomic E-state index is 0.0842. The predicted molar refractivity (Wildman–Crippen MR) is 71.8 cm³/mol. The molecule has 2 heterocycles. The van der Waals surface area contributed by atoms with Crippen LogP contribution in [-0.2, 0) is 16.6 Å². The van der Waals surface area contributed by atoms with E-state index in [0.717, 1.165) is 5.56 Å². The number of hydrogen-bond acceptors (Lipinski definition) is 5. The van der Waals surface area contributed by atoms with Crippen molar-refractivity contribution in [2.24, 2.45) is 0 Å². The summed E-state index contributed by atoms with van der Waals surface area (Å²) in [5, 5.41) is 8.95. The zero-order chi connectivity index (χ0) is 14.6. The van der Waals surface area contributed by atoms with Gasteiger partial charge < -0.3 is 0 Å². The van der Waals surface area contributed by atoms with Gasteiger partial charge in [-0.2, -0.15) is 9.57 Å². The van der Waals surface area contributed by atoms with Gasteiger partial charge in [0.25, 0.3) is 0 Å². The fourth-order valence-electron chi connectivity index (χ4n) is 1.68. The molecule has 0 bridgehead atoms. The molecule has 102 valence electrons. The first-order chi connectivity index (χ1) is 9.55. The van der Waals surface area contributed by atoms with Crippen LogP contribution in [0.3, 0.4) is 0 Å².